The van der Waals surface area contributed by atoms with Gasteiger partial charge < -0.3 is 0 Å². The molecule has 1 rings (SSSR count). The quantitative estimate of drug-likeness (QED) is 0.447. The zero-order valence-electron chi connectivity index (χ0n) is 6.35. The molecule has 0 aliphatic carbocycles. The smallest absolute Gasteiger partial charge is 0.289 e. The van der Waals surface area contributed by atoms with Gasteiger partial charge in [-0.2, -0.15) is 13.2 Å². The standard InChI is InChI=1S/C5H3ClF3N3OS/c6-4-11-2(5(7,8)9)1(14-4)3(13)12-10/h10H2,(H,12,13). The molecule has 0 aliphatic heterocycles. The van der Waals surface area contributed by atoms with Crippen molar-refractivity contribution < 1.29 is 18.0 Å². The third-order valence-electron chi connectivity index (χ3n) is 1.21. The minimum atomic E-state index is -4.72. The van der Waals surface area contributed by atoms with Crippen molar-refractivity contribution in [3.05, 3.63) is 15.0 Å². The van der Waals surface area contributed by atoms with Gasteiger partial charge in [0.1, 0.15) is 4.88 Å². The largest absolute Gasteiger partial charge is 0.435 e. The van der Waals surface area contributed by atoms with Crippen molar-refractivity contribution >= 4 is 28.8 Å². The van der Waals surface area contributed by atoms with E-state index in [0.717, 1.165) is 0 Å². The molecule has 0 spiro atoms. The van der Waals surface area contributed by atoms with Gasteiger partial charge in [-0.15, -0.1) is 0 Å². The second-order valence-corrected chi connectivity index (χ2v) is 3.70. The Labute approximate surface area is 84.8 Å². The lowest BCUT2D eigenvalue weighted by Gasteiger charge is -2.04. The molecule has 4 nitrogen and oxygen atoms in total. The molecule has 1 heterocycles. The Kier molecular flexibility index (Phi) is 2.98. The summed E-state index contributed by atoms with van der Waals surface area (Å²) in [5.41, 5.74) is 0.256. The maximum absolute atomic E-state index is 12.2. The summed E-state index contributed by atoms with van der Waals surface area (Å²) in [6.07, 6.45) is -4.72. The monoisotopic (exact) mass is 245 g/mol. The summed E-state index contributed by atoms with van der Waals surface area (Å²) in [5.74, 6) is 3.63. The van der Waals surface area contributed by atoms with Gasteiger partial charge in [0, 0.05) is 0 Å². The number of aromatic nitrogens is 1. The molecule has 0 saturated carbocycles. The minimum Gasteiger partial charge on any atom is -0.289 e. The molecule has 0 unspecified atom stereocenters. The highest BCUT2D eigenvalue weighted by molar-refractivity contribution is 7.17. The fourth-order valence-corrected chi connectivity index (χ4v) is 1.74. The van der Waals surface area contributed by atoms with Crippen LogP contribution in [0.25, 0.3) is 0 Å². The normalized spacial score (nSPS) is 11.5. The van der Waals surface area contributed by atoms with E-state index in [1.165, 1.54) is 0 Å². The summed E-state index contributed by atoms with van der Waals surface area (Å²) in [7, 11) is 0. The first-order chi connectivity index (χ1) is 6.36. The molecule has 1 amide bonds. The first-order valence-corrected chi connectivity index (χ1v) is 4.30. The highest BCUT2D eigenvalue weighted by Crippen LogP contribution is 2.35. The Balaban J connectivity index is 3.23. The topological polar surface area (TPSA) is 68.0 Å². The van der Waals surface area contributed by atoms with E-state index >= 15 is 0 Å². The number of carbonyl (C=O) groups excluding carboxylic acids is 1. The van der Waals surface area contributed by atoms with Crippen LogP contribution in [0.1, 0.15) is 15.4 Å². The number of nitrogens with zero attached hydrogens (tertiary/aromatic N) is 1. The van der Waals surface area contributed by atoms with E-state index in [9.17, 15) is 18.0 Å². The number of hydrogen-bond acceptors (Lipinski definition) is 4. The number of rotatable bonds is 1. The van der Waals surface area contributed by atoms with Gasteiger partial charge in [0.05, 0.1) is 0 Å². The minimum absolute atomic E-state index is 0.365. The molecule has 0 saturated heterocycles. The first kappa shape index (κ1) is 11.2. The summed E-state index contributed by atoms with van der Waals surface area (Å²) >= 11 is 5.68. The number of alkyl halides is 3. The van der Waals surface area contributed by atoms with Crippen molar-refractivity contribution in [2.24, 2.45) is 5.84 Å². The summed E-state index contributed by atoms with van der Waals surface area (Å²) in [6.45, 7) is 0. The van der Waals surface area contributed by atoms with E-state index in [-0.39, 0.29) is 4.47 Å². The van der Waals surface area contributed by atoms with Gasteiger partial charge in [-0.1, -0.05) is 22.9 Å². The highest BCUT2D eigenvalue weighted by Gasteiger charge is 2.39. The molecule has 0 aromatic carbocycles. The second-order valence-electron chi connectivity index (χ2n) is 2.12. The fourth-order valence-electron chi connectivity index (χ4n) is 0.706. The van der Waals surface area contributed by atoms with Crippen LogP contribution in [0.4, 0.5) is 13.2 Å². The van der Waals surface area contributed by atoms with Gasteiger partial charge in [0.25, 0.3) is 5.91 Å². The van der Waals surface area contributed by atoms with Gasteiger partial charge in [0.15, 0.2) is 10.2 Å². The number of thiazole rings is 1. The van der Waals surface area contributed by atoms with Crippen LogP contribution in [0, 0.1) is 0 Å². The van der Waals surface area contributed by atoms with Gasteiger partial charge in [0.2, 0.25) is 0 Å². The van der Waals surface area contributed by atoms with E-state index < -0.39 is 22.7 Å². The number of nitrogens with one attached hydrogen (secondary N) is 1. The van der Waals surface area contributed by atoms with Gasteiger partial charge in [-0.25, -0.2) is 10.8 Å². The molecule has 1 aromatic heterocycles. The Morgan fingerprint density at radius 2 is 2.14 bits per heavy atom. The molecule has 0 bridgehead atoms. The highest BCUT2D eigenvalue weighted by atomic mass is 35.5. The Morgan fingerprint density at radius 1 is 1.57 bits per heavy atom. The molecule has 1 aromatic rings. The fraction of sp³-hybridized carbons (Fsp3) is 0.200. The van der Waals surface area contributed by atoms with Crippen LogP contribution in [0.2, 0.25) is 4.47 Å². The predicted octanol–water partition coefficient (Wildman–Crippen LogP) is 1.42. The summed E-state index contributed by atoms with van der Waals surface area (Å²) in [4.78, 5) is 13.2. The molecule has 14 heavy (non-hydrogen) atoms. The van der Waals surface area contributed by atoms with Crippen molar-refractivity contribution in [2.45, 2.75) is 6.18 Å². The SMILES string of the molecule is NNC(=O)c1sc(Cl)nc1C(F)(F)F. The number of hydrogen-bond donors (Lipinski definition) is 2. The van der Waals surface area contributed by atoms with Crippen molar-refractivity contribution in [2.75, 3.05) is 0 Å². The number of halogens is 4. The van der Waals surface area contributed by atoms with Crippen LogP contribution in [-0.2, 0) is 6.18 Å². The van der Waals surface area contributed by atoms with Gasteiger partial charge in [-0.05, 0) is 0 Å². The van der Waals surface area contributed by atoms with Crippen LogP contribution in [0.3, 0.4) is 0 Å². The zero-order valence-corrected chi connectivity index (χ0v) is 7.93. The molecule has 78 valence electrons. The lowest BCUT2D eigenvalue weighted by atomic mass is 10.3. The maximum atomic E-state index is 12.2. The molecule has 9 heteroatoms. The van der Waals surface area contributed by atoms with Crippen LogP contribution in [-0.4, -0.2) is 10.9 Å². The molecular weight excluding hydrogens is 243 g/mol. The molecule has 0 fully saturated rings. The third-order valence-corrected chi connectivity index (χ3v) is 2.37. The number of carbonyl (C=O) groups is 1. The lowest BCUT2D eigenvalue weighted by molar-refractivity contribution is -0.141. The predicted molar refractivity (Wildman–Crippen MR) is 43.8 cm³/mol. The third kappa shape index (κ3) is 2.14. The maximum Gasteiger partial charge on any atom is 0.435 e. The number of hydrazine groups is 1. The molecular formula is C5H3ClF3N3OS. The van der Waals surface area contributed by atoms with Crippen molar-refractivity contribution in [3.63, 3.8) is 0 Å². The number of nitrogen functional groups attached to an aromatic ring is 1. The Bertz CT molecular complexity index is 364. The first-order valence-electron chi connectivity index (χ1n) is 3.10. The summed E-state index contributed by atoms with van der Waals surface area (Å²) < 4.78 is 36.3. The molecule has 0 atom stereocenters. The van der Waals surface area contributed by atoms with E-state index in [1.54, 1.807) is 5.43 Å². The van der Waals surface area contributed by atoms with E-state index in [2.05, 4.69) is 4.98 Å². The van der Waals surface area contributed by atoms with Crippen molar-refractivity contribution in [1.29, 1.82) is 0 Å². The average Bonchev–Trinajstić information content (AvgIpc) is 2.45. The average molecular weight is 246 g/mol. The van der Waals surface area contributed by atoms with Gasteiger partial charge >= 0.3 is 6.18 Å². The van der Waals surface area contributed by atoms with Crippen molar-refractivity contribution in [3.8, 4) is 0 Å². The van der Waals surface area contributed by atoms with Crippen molar-refractivity contribution in [1.82, 2.24) is 10.4 Å². The second kappa shape index (κ2) is 3.71. The van der Waals surface area contributed by atoms with E-state index in [4.69, 9.17) is 17.4 Å². The number of nitrogens with two attached hydrogens (primary N) is 1. The molecule has 3 N–H and O–H groups in total. The van der Waals surface area contributed by atoms with Crippen LogP contribution < -0.4 is 11.3 Å². The van der Waals surface area contributed by atoms with Crippen LogP contribution >= 0.6 is 22.9 Å². The van der Waals surface area contributed by atoms with E-state index in [0.29, 0.717) is 11.3 Å². The Hall–Kier alpha value is -0.860. The van der Waals surface area contributed by atoms with E-state index in [1.807, 2.05) is 0 Å². The lowest BCUT2D eigenvalue weighted by Crippen LogP contribution is -2.31. The summed E-state index contributed by atoms with van der Waals surface area (Å²) in [5, 5.41) is 0. The Morgan fingerprint density at radius 3 is 2.57 bits per heavy atom. The van der Waals surface area contributed by atoms with Crippen LogP contribution in [0.15, 0.2) is 0 Å². The zero-order chi connectivity index (χ0) is 10.9. The molecule has 0 aliphatic rings. The molecule has 0 radical (unpaired) electrons. The van der Waals surface area contributed by atoms with Crippen LogP contribution in [0.5, 0.6) is 0 Å². The summed E-state index contributed by atoms with van der Waals surface area (Å²) in [6, 6.07) is 0. The van der Waals surface area contributed by atoms with Gasteiger partial charge in [-0.3, -0.25) is 10.2 Å². The number of amides is 1.